The van der Waals surface area contributed by atoms with Crippen molar-refractivity contribution in [2.24, 2.45) is 0 Å². The molecule has 1 amide bonds. The van der Waals surface area contributed by atoms with Gasteiger partial charge in [-0.3, -0.25) is 4.79 Å². The van der Waals surface area contributed by atoms with Crippen LogP contribution in [0.5, 0.6) is 11.5 Å². The monoisotopic (exact) mass is 403 g/mol. The molecule has 0 aliphatic heterocycles. The van der Waals surface area contributed by atoms with Crippen LogP contribution in [0.2, 0.25) is 5.02 Å². The number of ether oxygens (including phenoxy) is 2. The summed E-state index contributed by atoms with van der Waals surface area (Å²) in [6, 6.07) is 10.7. The van der Waals surface area contributed by atoms with Crippen LogP contribution >= 0.6 is 11.6 Å². The number of amides is 1. The molecule has 3 aromatic rings. The summed E-state index contributed by atoms with van der Waals surface area (Å²) >= 11 is 6.02. The normalized spacial score (nSPS) is 10.6. The molecule has 1 N–H and O–H groups in total. The van der Waals surface area contributed by atoms with Gasteiger partial charge in [-0.25, -0.2) is 9.07 Å². The third kappa shape index (κ3) is 4.43. The molecule has 0 saturated carbocycles. The van der Waals surface area contributed by atoms with Crippen molar-refractivity contribution in [3.8, 4) is 17.2 Å². The first kappa shape index (κ1) is 19.7. The van der Waals surface area contributed by atoms with E-state index in [9.17, 15) is 9.18 Å². The van der Waals surface area contributed by atoms with E-state index in [1.54, 1.807) is 36.5 Å². The van der Waals surface area contributed by atoms with Crippen LogP contribution in [0, 0.1) is 5.82 Å². The topological polar surface area (TPSA) is 65.4 Å². The molecule has 0 aliphatic rings. The largest absolute Gasteiger partial charge is 0.495 e. The number of nitrogens with zero attached hydrogens (tertiary/aromatic N) is 2. The van der Waals surface area contributed by atoms with Gasteiger partial charge in [0.25, 0.3) is 5.91 Å². The molecule has 3 rings (SSSR count). The summed E-state index contributed by atoms with van der Waals surface area (Å²) in [5.74, 6) is -0.0478. The van der Waals surface area contributed by atoms with Crippen LogP contribution in [0.3, 0.4) is 0 Å². The number of carbonyl (C=O) groups excluding carboxylic acids is 1. The summed E-state index contributed by atoms with van der Waals surface area (Å²) in [5.41, 5.74) is 1.11. The molecule has 1 aromatic heterocycles. The van der Waals surface area contributed by atoms with E-state index in [1.165, 1.54) is 23.9 Å². The summed E-state index contributed by atoms with van der Waals surface area (Å²) < 4.78 is 25.6. The van der Waals surface area contributed by atoms with E-state index in [1.807, 2.05) is 6.92 Å². The molecule has 0 aliphatic carbocycles. The number of anilines is 1. The van der Waals surface area contributed by atoms with Crippen LogP contribution in [0.25, 0.3) is 5.69 Å². The standard InChI is InChI=1S/C20H19ClFN3O3/c1-3-10-28-18-12-25(15-7-5-14(22)6-8-15)24-19(18)20(26)23-16-11-13(21)4-9-17(16)27-2/h4-9,11-12H,3,10H2,1-2H3,(H,23,26). The number of nitrogens with one attached hydrogen (secondary N) is 1. The van der Waals surface area contributed by atoms with Gasteiger partial charge >= 0.3 is 0 Å². The molecule has 2 aromatic carbocycles. The summed E-state index contributed by atoms with van der Waals surface area (Å²) in [6.07, 6.45) is 2.36. The van der Waals surface area contributed by atoms with Crippen LogP contribution in [0.15, 0.2) is 48.7 Å². The number of hydrogen-bond donors (Lipinski definition) is 1. The Morgan fingerprint density at radius 1 is 1.21 bits per heavy atom. The fourth-order valence-corrected chi connectivity index (χ4v) is 2.69. The SMILES string of the molecule is CCCOc1cn(-c2ccc(F)cc2)nc1C(=O)Nc1cc(Cl)ccc1OC. The zero-order valence-corrected chi connectivity index (χ0v) is 16.2. The summed E-state index contributed by atoms with van der Waals surface area (Å²) in [7, 11) is 1.50. The summed E-state index contributed by atoms with van der Waals surface area (Å²) in [4.78, 5) is 12.9. The van der Waals surface area contributed by atoms with Crippen molar-refractivity contribution < 1.29 is 18.7 Å². The first-order valence-corrected chi connectivity index (χ1v) is 9.03. The maximum absolute atomic E-state index is 13.2. The van der Waals surface area contributed by atoms with Crippen LogP contribution in [0.1, 0.15) is 23.8 Å². The van der Waals surface area contributed by atoms with E-state index in [0.717, 1.165) is 6.42 Å². The maximum atomic E-state index is 13.2. The Balaban J connectivity index is 1.93. The average Bonchev–Trinajstić information content (AvgIpc) is 3.11. The molecular formula is C20H19ClFN3O3. The number of halogens is 2. The minimum atomic E-state index is -0.479. The quantitative estimate of drug-likeness (QED) is 0.620. The Morgan fingerprint density at radius 3 is 2.64 bits per heavy atom. The van der Waals surface area contributed by atoms with Crippen LogP contribution in [-0.4, -0.2) is 29.4 Å². The van der Waals surface area contributed by atoms with Crippen molar-refractivity contribution >= 4 is 23.2 Å². The number of aromatic nitrogens is 2. The van der Waals surface area contributed by atoms with Gasteiger partial charge in [0.05, 0.1) is 31.3 Å². The minimum Gasteiger partial charge on any atom is -0.495 e. The summed E-state index contributed by atoms with van der Waals surface area (Å²) in [6.45, 7) is 2.39. The van der Waals surface area contributed by atoms with Crippen molar-refractivity contribution in [3.63, 3.8) is 0 Å². The van der Waals surface area contributed by atoms with Gasteiger partial charge in [0.1, 0.15) is 11.6 Å². The highest BCUT2D eigenvalue weighted by molar-refractivity contribution is 6.31. The highest BCUT2D eigenvalue weighted by Gasteiger charge is 2.20. The molecule has 6 nitrogen and oxygen atoms in total. The second-order valence-corrected chi connectivity index (χ2v) is 6.35. The van der Waals surface area contributed by atoms with Gasteiger partial charge in [-0.05, 0) is 48.9 Å². The molecule has 0 atom stereocenters. The van der Waals surface area contributed by atoms with E-state index in [2.05, 4.69) is 10.4 Å². The zero-order chi connectivity index (χ0) is 20.1. The second kappa shape index (κ2) is 8.75. The van der Waals surface area contributed by atoms with Gasteiger partial charge < -0.3 is 14.8 Å². The molecule has 0 spiro atoms. The van der Waals surface area contributed by atoms with Crippen LogP contribution < -0.4 is 14.8 Å². The van der Waals surface area contributed by atoms with Gasteiger partial charge in [0.15, 0.2) is 11.4 Å². The first-order valence-electron chi connectivity index (χ1n) is 8.65. The molecule has 8 heteroatoms. The van der Waals surface area contributed by atoms with Crippen LogP contribution in [-0.2, 0) is 0 Å². The number of benzene rings is 2. The van der Waals surface area contributed by atoms with Crippen molar-refractivity contribution in [1.29, 1.82) is 0 Å². The molecule has 146 valence electrons. The van der Waals surface area contributed by atoms with Crippen LogP contribution in [0.4, 0.5) is 10.1 Å². The molecule has 0 radical (unpaired) electrons. The number of rotatable bonds is 7. The lowest BCUT2D eigenvalue weighted by molar-refractivity contribution is 0.101. The van der Waals surface area contributed by atoms with E-state index in [0.29, 0.717) is 34.5 Å². The molecule has 0 bridgehead atoms. The molecule has 28 heavy (non-hydrogen) atoms. The van der Waals surface area contributed by atoms with E-state index in [4.69, 9.17) is 21.1 Å². The fraction of sp³-hybridized carbons (Fsp3) is 0.200. The number of hydrogen-bond acceptors (Lipinski definition) is 4. The van der Waals surface area contributed by atoms with Crippen molar-refractivity contribution in [2.45, 2.75) is 13.3 Å². The van der Waals surface area contributed by atoms with Gasteiger partial charge in [-0.15, -0.1) is 0 Å². The number of methoxy groups -OCH3 is 1. The van der Waals surface area contributed by atoms with Gasteiger partial charge in [-0.1, -0.05) is 18.5 Å². The highest BCUT2D eigenvalue weighted by atomic mass is 35.5. The molecular weight excluding hydrogens is 385 g/mol. The van der Waals surface area contributed by atoms with Crippen molar-refractivity contribution in [3.05, 3.63) is 65.2 Å². The van der Waals surface area contributed by atoms with E-state index >= 15 is 0 Å². The predicted octanol–water partition coefficient (Wildman–Crippen LogP) is 4.71. The van der Waals surface area contributed by atoms with E-state index in [-0.39, 0.29) is 11.5 Å². The maximum Gasteiger partial charge on any atom is 0.280 e. The highest BCUT2D eigenvalue weighted by Crippen LogP contribution is 2.29. The zero-order valence-electron chi connectivity index (χ0n) is 15.4. The average molecular weight is 404 g/mol. The molecule has 0 fully saturated rings. The first-order chi connectivity index (χ1) is 13.5. The van der Waals surface area contributed by atoms with Gasteiger partial charge in [-0.2, -0.15) is 5.10 Å². The molecule has 0 saturated heterocycles. The Labute approximate surface area is 166 Å². The molecule has 1 heterocycles. The Bertz CT molecular complexity index is 973. The summed E-state index contributed by atoms with van der Waals surface area (Å²) in [5, 5.41) is 7.52. The van der Waals surface area contributed by atoms with Crippen molar-refractivity contribution in [1.82, 2.24) is 9.78 Å². The minimum absolute atomic E-state index is 0.0970. The fourth-order valence-electron chi connectivity index (χ4n) is 2.52. The lowest BCUT2D eigenvalue weighted by Crippen LogP contribution is -2.15. The third-order valence-corrected chi connectivity index (χ3v) is 4.09. The lowest BCUT2D eigenvalue weighted by atomic mass is 10.2. The predicted molar refractivity (Wildman–Crippen MR) is 105 cm³/mol. The Hall–Kier alpha value is -3.06. The van der Waals surface area contributed by atoms with Gasteiger partial charge in [0, 0.05) is 5.02 Å². The van der Waals surface area contributed by atoms with Gasteiger partial charge in [0.2, 0.25) is 0 Å². The Kier molecular flexibility index (Phi) is 6.16. The van der Waals surface area contributed by atoms with E-state index < -0.39 is 5.91 Å². The molecule has 0 unspecified atom stereocenters. The van der Waals surface area contributed by atoms with Crippen molar-refractivity contribution in [2.75, 3.05) is 19.0 Å². The lowest BCUT2D eigenvalue weighted by Gasteiger charge is -2.10. The second-order valence-electron chi connectivity index (χ2n) is 5.91. The Morgan fingerprint density at radius 2 is 1.96 bits per heavy atom. The third-order valence-electron chi connectivity index (χ3n) is 3.86. The number of carbonyl (C=O) groups is 1. The smallest absolute Gasteiger partial charge is 0.280 e.